The zero-order valence-electron chi connectivity index (χ0n) is 16.7. The lowest BCUT2D eigenvalue weighted by Crippen LogP contribution is -2.40. The molecule has 2 aliphatic rings. The number of benzene rings is 2. The van der Waals surface area contributed by atoms with E-state index in [9.17, 15) is 23.6 Å². The third-order valence-corrected chi connectivity index (χ3v) is 5.54. The van der Waals surface area contributed by atoms with Gasteiger partial charge in [-0.1, -0.05) is 25.3 Å². The van der Waals surface area contributed by atoms with Gasteiger partial charge >= 0.3 is 5.97 Å². The van der Waals surface area contributed by atoms with Crippen LogP contribution in [0.25, 0.3) is 0 Å². The molecule has 0 unspecified atom stereocenters. The van der Waals surface area contributed by atoms with Gasteiger partial charge in [-0.3, -0.25) is 19.3 Å². The molecule has 0 aromatic heterocycles. The smallest absolute Gasteiger partial charge is 0.338 e. The molecule has 1 aliphatic heterocycles. The molecule has 1 fully saturated rings. The fourth-order valence-electron chi connectivity index (χ4n) is 4.04. The Morgan fingerprint density at radius 2 is 1.74 bits per heavy atom. The fourth-order valence-corrected chi connectivity index (χ4v) is 4.04. The number of hydrogen-bond acceptors (Lipinski definition) is 5. The maximum absolute atomic E-state index is 13.2. The normalized spacial score (nSPS) is 16.2. The molecule has 3 amide bonds. The monoisotopic (exact) mass is 424 g/mol. The second-order valence-electron chi connectivity index (χ2n) is 7.67. The quantitative estimate of drug-likeness (QED) is 0.585. The van der Waals surface area contributed by atoms with Crippen LogP contribution in [-0.4, -0.2) is 41.2 Å². The van der Waals surface area contributed by atoms with Crippen LogP contribution in [0.5, 0.6) is 0 Å². The summed E-state index contributed by atoms with van der Waals surface area (Å²) in [5, 5.41) is 2.42. The average Bonchev–Trinajstić information content (AvgIpc) is 3.02. The van der Waals surface area contributed by atoms with Gasteiger partial charge in [-0.25, -0.2) is 9.18 Å². The van der Waals surface area contributed by atoms with Gasteiger partial charge in [0.2, 0.25) is 0 Å². The van der Waals surface area contributed by atoms with Gasteiger partial charge in [0.05, 0.1) is 16.7 Å². The highest BCUT2D eigenvalue weighted by Gasteiger charge is 2.40. The standard InChI is InChI=1S/C23H21FN2O5/c24-15-5-4-6-16(12-15)25-20(27)13-31-23(30)14-9-10-18-19(11-14)22(29)26(21(18)28)17-7-2-1-3-8-17/h4-6,9-12,17H,1-3,7-8,13H2,(H,25,27). The van der Waals surface area contributed by atoms with E-state index in [0.29, 0.717) is 0 Å². The summed E-state index contributed by atoms with van der Waals surface area (Å²) in [5.74, 6) is -2.66. The summed E-state index contributed by atoms with van der Waals surface area (Å²) >= 11 is 0. The molecule has 0 spiro atoms. The van der Waals surface area contributed by atoms with Crippen molar-refractivity contribution >= 4 is 29.4 Å². The van der Waals surface area contributed by atoms with Crippen molar-refractivity contribution < 1.29 is 28.3 Å². The van der Waals surface area contributed by atoms with Gasteiger partial charge in [-0.2, -0.15) is 0 Å². The van der Waals surface area contributed by atoms with Gasteiger partial charge in [-0.05, 0) is 49.2 Å². The van der Waals surface area contributed by atoms with E-state index in [0.717, 1.165) is 38.2 Å². The van der Waals surface area contributed by atoms with E-state index < -0.39 is 30.2 Å². The molecule has 0 bridgehead atoms. The Labute approximate surface area is 178 Å². The van der Waals surface area contributed by atoms with Gasteiger partial charge in [0.1, 0.15) is 5.82 Å². The molecular formula is C23H21FN2O5. The van der Waals surface area contributed by atoms with E-state index >= 15 is 0 Å². The van der Waals surface area contributed by atoms with Crippen LogP contribution < -0.4 is 5.32 Å². The summed E-state index contributed by atoms with van der Waals surface area (Å²) in [6.07, 6.45) is 4.64. The topological polar surface area (TPSA) is 92.8 Å². The van der Waals surface area contributed by atoms with Crippen molar-refractivity contribution in [3.05, 3.63) is 65.0 Å². The molecular weight excluding hydrogens is 403 g/mol. The van der Waals surface area contributed by atoms with Crippen LogP contribution in [0.2, 0.25) is 0 Å². The largest absolute Gasteiger partial charge is 0.452 e. The van der Waals surface area contributed by atoms with E-state index in [2.05, 4.69) is 5.32 Å². The SMILES string of the molecule is O=C(COC(=O)c1ccc2c(c1)C(=O)N(C1CCCCC1)C2=O)Nc1cccc(F)c1. The summed E-state index contributed by atoms with van der Waals surface area (Å²) in [6.45, 7) is -0.576. The number of rotatable bonds is 5. The van der Waals surface area contributed by atoms with Crippen LogP contribution in [0.3, 0.4) is 0 Å². The van der Waals surface area contributed by atoms with Crippen LogP contribution >= 0.6 is 0 Å². The van der Waals surface area contributed by atoms with E-state index in [4.69, 9.17) is 4.74 Å². The molecule has 8 heteroatoms. The van der Waals surface area contributed by atoms with Crippen molar-refractivity contribution in [2.75, 3.05) is 11.9 Å². The minimum Gasteiger partial charge on any atom is -0.452 e. The van der Waals surface area contributed by atoms with Crippen molar-refractivity contribution in [1.29, 1.82) is 0 Å². The highest BCUT2D eigenvalue weighted by Crippen LogP contribution is 2.31. The summed E-state index contributed by atoms with van der Waals surface area (Å²) in [5.41, 5.74) is 0.764. The number of amides is 3. The second-order valence-corrected chi connectivity index (χ2v) is 7.67. The predicted octanol–water partition coefficient (Wildman–Crippen LogP) is 3.55. The first-order chi connectivity index (χ1) is 14.9. The third-order valence-electron chi connectivity index (χ3n) is 5.54. The number of ether oxygens (including phenoxy) is 1. The molecule has 1 aliphatic carbocycles. The van der Waals surface area contributed by atoms with E-state index in [1.165, 1.54) is 41.3 Å². The van der Waals surface area contributed by atoms with Crippen molar-refractivity contribution in [2.24, 2.45) is 0 Å². The molecule has 7 nitrogen and oxygen atoms in total. The number of nitrogens with zero attached hydrogens (tertiary/aromatic N) is 1. The van der Waals surface area contributed by atoms with Crippen molar-refractivity contribution in [1.82, 2.24) is 4.90 Å². The van der Waals surface area contributed by atoms with E-state index in [-0.39, 0.29) is 34.3 Å². The highest BCUT2D eigenvalue weighted by atomic mass is 19.1. The molecule has 1 heterocycles. The molecule has 160 valence electrons. The Morgan fingerprint density at radius 1 is 1.00 bits per heavy atom. The lowest BCUT2D eigenvalue weighted by molar-refractivity contribution is -0.119. The van der Waals surface area contributed by atoms with Crippen molar-refractivity contribution in [2.45, 2.75) is 38.1 Å². The van der Waals surface area contributed by atoms with E-state index in [1.807, 2.05) is 0 Å². The Bertz CT molecular complexity index is 1060. The molecule has 0 radical (unpaired) electrons. The number of imide groups is 1. The number of hydrogen-bond donors (Lipinski definition) is 1. The maximum Gasteiger partial charge on any atom is 0.338 e. The van der Waals surface area contributed by atoms with Gasteiger partial charge in [0.25, 0.3) is 17.7 Å². The summed E-state index contributed by atoms with van der Waals surface area (Å²) in [7, 11) is 0. The first kappa shape index (κ1) is 20.7. The number of anilines is 1. The van der Waals surface area contributed by atoms with Crippen molar-refractivity contribution in [3.8, 4) is 0 Å². The number of esters is 1. The minimum atomic E-state index is -0.798. The summed E-state index contributed by atoms with van der Waals surface area (Å²) in [4.78, 5) is 51.2. The first-order valence-corrected chi connectivity index (χ1v) is 10.2. The Hall–Kier alpha value is -3.55. The minimum absolute atomic E-state index is 0.0731. The van der Waals surface area contributed by atoms with Crippen LogP contribution in [-0.2, 0) is 9.53 Å². The third kappa shape index (κ3) is 4.33. The van der Waals surface area contributed by atoms with E-state index in [1.54, 1.807) is 0 Å². The Morgan fingerprint density at radius 3 is 2.48 bits per heavy atom. The van der Waals surface area contributed by atoms with Gasteiger partial charge in [0.15, 0.2) is 6.61 Å². The number of fused-ring (bicyclic) bond motifs is 1. The van der Waals surface area contributed by atoms with Crippen LogP contribution in [0, 0.1) is 5.82 Å². The van der Waals surface area contributed by atoms with Crippen LogP contribution in [0.15, 0.2) is 42.5 Å². The van der Waals surface area contributed by atoms with Crippen LogP contribution in [0.4, 0.5) is 10.1 Å². The zero-order chi connectivity index (χ0) is 22.0. The lowest BCUT2D eigenvalue weighted by Gasteiger charge is -2.29. The molecule has 2 aromatic carbocycles. The van der Waals surface area contributed by atoms with Gasteiger partial charge < -0.3 is 10.1 Å². The molecule has 2 aromatic rings. The Kier molecular flexibility index (Phi) is 5.79. The van der Waals surface area contributed by atoms with Gasteiger partial charge in [-0.15, -0.1) is 0 Å². The number of halogens is 1. The summed E-state index contributed by atoms with van der Waals surface area (Å²) in [6, 6.07) is 9.41. The summed E-state index contributed by atoms with van der Waals surface area (Å²) < 4.78 is 18.2. The first-order valence-electron chi connectivity index (χ1n) is 10.2. The molecule has 0 saturated heterocycles. The molecule has 1 saturated carbocycles. The second kappa shape index (κ2) is 8.67. The lowest BCUT2D eigenvalue weighted by atomic mass is 9.94. The molecule has 1 N–H and O–H groups in total. The van der Waals surface area contributed by atoms with Crippen molar-refractivity contribution in [3.63, 3.8) is 0 Å². The fraction of sp³-hybridized carbons (Fsp3) is 0.304. The molecule has 31 heavy (non-hydrogen) atoms. The Balaban J connectivity index is 1.40. The molecule has 4 rings (SSSR count). The highest BCUT2D eigenvalue weighted by molar-refractivity contribution is 6.22. The zero-order valence-corrected chi connectivity index (χ0v) is 16.7. The molecule has 0 atom stereocenters. The predicted molar refractivity (Wildman–Crippen MR) is 109 cm³/mol. The maximum atomic E-state index is 13.2. The number of carbonyl (C=O) groups excluding carboxylic acids is 4. The number of carbonyl (C=O) groups is 4. The average molecular weight is 424 g/mol. The number of nitrogens with one attached hydrogen (secondary N) is 1. The van der Waals surface area contributed by atoms with Crippen LogP contribution in [0.1, 0.15) is 63.2 Å². The van der Waals surface area contributed by atoms with Gasteiger partial charge in [0, 0.05) is 11.7 Å².